The summed E-state index contributed by atoms with van der Waals surface area (Å²) < 4.78 is 13.8. The summed E-state index contributed by atoms with van der Waals surface area (Å²) in [4.78, 5) is 4.38. The van der Waals surface area contributed by atoms with Gasteiger partial charge >= 0.3 is 0 Å². The second-order valence-corrected chi connectivity index (χ2v) is 4.67. The molecule has 0 N–H and O–H groups in total. The lowest BCUT2D eigenvalue weighted by atomic mass is 10.5. The van der Waals surface area contributed by atoms with Crippen molar-refractivity contribution in [1.82, 2.24) is 4.98 Å². The molecular formula is C9H6FNS2. The Morgan fingerprint density at radius 1 is 1.38 bits per heavy atom. The van der Waals surface area contributed by atoms with Crippen molar-refractivity contribution < 1.29 is 4.39 Å². The van der Waals surface area contributed by atoms with Crippen LogP contribution in [0, 0.1) is 5.95 Å². The van der Waals surface area contributed by atoms with Crippen LogP contribution in [-0.4, -0.2) is 4.98 Å². The van der Waals surface area contributed by atoms with Gasteiger partial charge < -0.3 is 0 Å². The van der Waals surface area contributed by atoms with Crippen LogP contribution in [0.1, 0.15) is 0 Å². The predicted octanol–water partition coefficient (Wildman–Crippen LogP) is 3.43. The van der Waals surface area contributed by atoms with Crippen LogP contribution in [0.2, 0.25) is 0 Å². The largest absolute Gasteiger partial charge is 0.228 e. The highest BCUT2D eigenvalue weighted by Gasteiger charge is 1.99. The molecule has 0 radical (unpaired) electrons. The van der Waals surface area contributed by atoms with E-state index in [0.717, 1.165) is 9.10 Å². The molecule has 0 spiro atoms. The van der Waals surface area contributed by atoms with Crippen LogP contribution < -0.4 is 0 Å². The Balaban J connectivity index is 2.19. The second kappa shape index (κ2) is 3.89. The number of pyridine rings is 1. The zero-order valence-electron chi connectivity index (χ0n) is 6.61. The maximum absolute atomic E-state index is 12.7. The van der Waals surface area contributed by atoms with Crippen molar-refractivity contribution in [3.8, 4) is 0 Å². The molecule has 0 atom stereocenters. The minimum atomic E-state index is -0.429. The zero-order valence-corrected chi connectivity index (χ0v) is 8.24. The number of rotatable bonds is 2. The van der Waals surface area contributed by atoms with Gasteiger partial charge in [-0.15, -0.1) is 11.3 Å². The maximum Gasteiger partial charge on any atom is 0.213 e. The minimum absolute atomic E-state index is 0.429. The SMILES string of the molecule is Fc1cc(Sc2cccs2)ccn1. The van der Waals surface area contributed by atoms with Crippen molar-refractivity contribution in [2.45, 2.75) is 9.10 Å². The Kier molecular flexibility index (Phi) is 2.61. The lowest BCUT2D eigenvalue weighted by Crippen LogP contribution is -1.79. The first kappa shape index (κ1) is 8.72. The van der Waals surface area contributed by atoms with E-state index in [1.54, 1.807) is 29.2 Å². The van der Waals surface area contributed by atoms with E-state index in [9.17, 15) is 4.39 Å². The summed E-state index contributed by atoms with van der Waals surface area (Å²) >= 11 is 3.19. The lowest BCUT2D eigenvalue weighted by molar-refractivity contribution is 0.579. The summed E-state index contributed by atoms with van der Waals surface area (Å²) in [6, 6.07) is 7.22. The van der Waals surface area contributed by atoms with Gasteiger partial charge in [0.1, 0.15) is 0 Å². The molecule has 2 heterocycles. The van der Waals surface area contributed by atoms with Crippen LogP contribution in [0.25, 0.3) is 0 Å². The van der Waals surface area contributed by atoms with Gasteiger partial charge in [-0.1, -0.05) is 17.8 Å². The number of aromatic nitrogens is 1. The number of nitrogens with zero attached hydrogens (tertiary/aromatic N) is 1. The molecule has 2 rings (SSSR count). The standard InChI is InChI=1S/C9H6FNS2/c10-8-6-7(3-4-11-8)13-9-2-1-5-12-9/h1-6H. The minimum Gasteiger partial charge on any atom is -0.228 e. The van der Waals surface area contributed by atoms with Crippen LogP contribution >= 0.6 is 23.1 Å². The molecule has 13 heavy (non-hydrogen) atoms. The molecule has 0 saturated heterocycles. The molecule has 2 aromatic heterocycles. The van der Waals surface area contributed by atoms with E-state index in [0.29, 0.717) is 0 Å². The normalized spacial score (nSPS) is 10.2. The Labute approximate surface area is 83.6 Å². The van der Waals surface area contributed by atoms with E-state index in [4.69, 9.17) is 0 Å². The Hall–Kier alpha value is -0.870. The third-order valence-corrected chi connectivity index (χ3v) is 3.44. The Bertz CT molecular complexity index is 386. The number of thiophene rings is 1. The highest BCUT2D eigenvalue weighted by molar-refractivity contribution is 8.01. The summed E-state index contributed by atoms with van der Waals surface area (Å²) in [5.41, 5.74) is 0. The van der Waals surface area contributed by atoms with Gasteiger partial charge in [-0.2, -0.15) is 4.39 Å². The molecule has 0 fully saturated rings. The molecule has 1 nitrogen and oxygen atoms in total. The molecule has 2 aromatic rings. The molecule has 0 aliphatic heterocycles. The van der Waals surface area contributed by atoms with E-state index in [1.807, 2.05) is 17.5 Å². The van der Waals surface area contributed by atoms with Crippen LogP contribution in [0.15, 0.2) is 44.9 Å². The summed E-state index contributed by atoms with van der Waals surface area (Å²) in [7, 11) is 0. The molecule has 4 heteroatoms. The lowest BCUT2D eigenvalue weighted by Gasteiger charge is -1.96. The number of hydrogen-bond donors (Lipinski definition) is 0. The highest BCUT2D eigenvalue weighted by Crippen LogP contribution is 2.30. The van der Waals surface area contributed by atoms with Gasteiger partial charge in [-0.05, 0) is 17.5 Å². The van der Waals surface area contributed by atoms with Crippen molar-refractivity contribution in [2.24, 2.45) is 0 Å². The fraction of sp³-hybridized carbons (Fsp3) is 0. The molecule has 0 aliphatic carbocycles. The van der Waals surface area contributed by atoms with Crippen LogP contribution in [0.3, 0.4) is 0 Å². The highest BCUT2D eigenvalue weighted by atomic mass is 32.2. The smallest absolute Gasteiger partial charge is 0.213 e. The quantitative estimate of drug-likeness (QED) is 0.706. The van der Waals surface area contributed by atoms with E-state index in [2.05, 4.69) is 4.98 Å². The van der Waals surface area contributed by atoms with Gasteiger partial charge in [0.15, 0.2) is 0 Å². The molecular weight excluding hydrogens is 205 g/mol. The van der Waals surface area contributed by atoms with Crippen LogP contribution in [0.4, 0.5) is 4.39 Å². The Morgan fingerprint density at radius 2 is 2.31 bits per heavy atom. The first-order chi connectivity index (χ1) is 6.34. The van der Waals surface area contributed by atoms with Crippen molar-refractivity contribution in [1.29, 1.82) is 0 Å². The van der Waals surface area contributed by atoms with Crippen molar-refractivity contribution in [2.75, 3.05) is 0 Å². The van der Waals surface area contributed by atoms with Gasteiger partial charge in [-0.3, -0.25) is 0 Å². The average molecular weight is 211 g/mol. The summed E-state index contributed by atoms with van der Waals surface area (Å²) in [5.74, 6) is -0.429. The van der Waals surface area contributed by atoms with E-state index in [-0.39, 0.29) is 0 Å². The van der Waals surface area contributed by atoms with Crippen molar-refractivity contribution in [3.63, 3.8) is 0 Å². The number of halogens is 1. The molecule has 0 unspecified atom stereocenters. The van der Waals surface area contributed by atoms with Gasteiger partial charge in [-0.25, -0.2) is 4.98 Å². The van der Waals surface area contributed by atoms with Crippen molar-refractivity contribution in [3.05, 3.63) is 41.8 Å². The van der Waals surface area contributed by atoms with Crippen LogP contribution in [0.5, 0.6) is 0 Å². The average Bonchev–Trinajstić information content (AvgIpc) is 2.57. The maximum atomic E-state index is 12.7. The number of hydrogen-bond acceptors (Lipinski definition) is 3. The third kappa shape index (κ3) is 2.29. The van der Waals surface area contributed by atoms with E-state index in [1.165, 1.54) is 12.3 Å². The summed E-state index contributed by atoms with van der Waals surface area (Å²) in [5, 5.41) is 2.00. The monoisotopic (exact) mass is 211 g/mol. The first-order valence-electron chi connectivity index (χ1n) is 3.67. The second-order valence-electron chi connectivity index (χ2n) is 2.35. The Morgan fingerprint density at radius 3 is 3.00 bits per heavy atom. The molecule has 0 bridgehead atoms. The molecule has 0 saturated carbocycles. The molecule has 0 aliphatic rings. The fourth-order valence-corrected chi connectivity index (χ4v) is 2.65. The molecule has 0 amide bonds. The van der Waals surface area contributed by atoms with Gasteiger partial charge in [0.2, 0.25) is 5.95 Å². The third-order valence-electron chi connectivity index (χ3n) is 1.41. The van der Waals surface area contributed by atoms with Crippen molar-refractivity contribution >= 4 is 23.1 Å². The van der Waals surface area contributed by atoms with Gasteiger partial charge in [0.25, 0.3) is 0 Å². The van der Waals surface area contributed by atoms with Gasteiger partial charge in [0.05, 0.1) is 4.21 Å². The van der Waals surface area contributed by atoms with E-state index >= 15 is 0 Å². The van der Waals surface area contributed by atoms with E-state index < -0.39 is 5.95 Å². The predicted molar refractivity (Wildman–Crippen MR) is 52.6 cm³/mol. The first-order valence-corrected chi connectivity index (χ1v) is 5.37. The molecule has 0 aromatic carbocycles. The molecule has 66 valence electrons. The topological polar surface area (TPSA) is 12.9 Å². The fourth-order valence-electron chi connectivity index (χ4n) is 0.886. The summed E-state index contributed by atoms with van der Waals surface area (Å²) in [6.45, 7) is 0. The summed E-state index contributed by atoms with van der Waals surface area (Å²) in [6.07, 6.45) is 1.48. The van der Waals surface area contributed by atoms with Gasteiger partial charge in [0, 0.05) is 17.2 Å². The zero-order chi connectivity index (χ0) is 9.10. The van der Waals surface area contributed by atoms with Crippen LogP contribution in [-0.2, 0) is 0 Å².